The van der Waals surface area contributed by atoms with Gasteiger partial charge >= 0.3 is 5.97 Å². The van der Waals surface area contributed by atoms with Gasteiger partial charge in [-0.1, -0.05) is 31.6 Å². The smallest absolute Gasteiger partial charge is 0.337 e. The zero-order valence-electron chi connectivity index (χ0n) is 18.1. The summed E-state index contributed by atoms with van der Waals surface area (Å²) in [5, 5.41) is 13.2. The van der Waals surface area contributed by atoms with E-state index >= 15 is 0 Å². The minimum Gasteiger partial charge on any atom is -0.478 e. The van der Waals surface area contributed by atoms with Crippen molar-refractivity contribution in [3.63, 3.8) is 0 Å². The first-order valence-corrected chi connectivity index (χ1v) is 11.7. The molecule has 0 aliphatic heterocycles. The van der Waals surface area contributed by atoms with Gasteiger partial charge in [-0.3, -0.25) is 4.79 Å². The van der Waals surface area contributed by atoms with Crippen molar-refractivity contribution in [1.29, 1.82) is 0 Å². The summed E-state index contributed by atoms with van der Waals surface area (Å²) in [6.07, 6.45) is 10.7. The van der Waals surface area contributed by atoms with E-state index in [1.807, 2.05) is 18.2 Å². The number of hydrogen-bond acceptors (Lipinski definition) is 3. The number of aromatic carboxylic acids is 1. The number of nitrogens with one attached hydrogen (secondary N) is 1. The van der Waals surface area contributed by atoms with Crippen LogP contribution in [0, 0.1) is 28.6 Å². The van der Waals surface area contributed by atoms with E-state index in [0.29, 0.717) is 35.6 Å². The number of anilines is 1. The molecular weight excluding hydrogens is 374 g/mol. The van der Waals surface area contributed by atoms with Gasteiger partial charge in [0.1, 0.15) is 0 Å². The van der Waals surface area contributed by atoms with Crippen molar-refractivity contribution in [2.75, 3.05) is 5.32 Å². The largest absolute Gasteiger partial charge is 0.478 e. The first-order valence-electron chi connectivity index (χ1n) is 11.7. The Labute approximate surface area is 179 Å². The number of rotatable bonds is 3. The van der Waals surface area contributed by atoms with Crippen LogP contribution in [0.1, 0.15) is 75.6 Å². The van der Waals surface area contributed by atoms with Gasteiger partial charge in [-0.05, 0) is 91.7 Å². The summed E-state index contributed by atoms with van der Waals surface area (Å²) in [6, 6.07) is 7.63. The lowest BCUT2D eigenvalue weighted by atomic mass is 9.47. The molecule has 4 aliphatic rings. The van der Waals surface area contributed by atoms with Crippen LogP contribution in [-0.4, -0.2) is 22.9 Å². The Hall–Kier alpha value is -2.10. The van der Waals surface area contributed by atoms with E-state index in [2.05, 4.69) is 19.2 Å². The van der Waals surface area contributed by atoms with Crippen molar-refractivity contribution < 1.29 is 14.7 Å². The average molecular weight is 408 g/mol. The predicted octanol–water partition coefficient (Wildman–Crippen LogP) is 5.70. The van der Waals surface area contributed by atoms with Crippen LogP contribution in [0.5, 0.6) is 0 Å². The predicted molar refractivity (Wildman–Crippen MR) is 118 cm³/mol. The van der Waals surface area contributed by atoms with Crippen LogP contribution in [0.25, 0.3) is 0 Å². The number of ketones is 1. The molecule has 3 fully saturated rings. The van der Waals surface area contributed by atoms with E-state index in [0.717, 1.165) is 30.9 Å². The van der Waals surface area contributed by atoms with Crippen LogP contribution in [-0.2, 0) is 4.79 Å². The second kappa shape index (κ2) is 6.96. The second-order valence-corrected chi connectivity index (χ2v) is 10.6. The van der Waals surface area contributed by atoms with Crippen molar-refractivity contribution in [3.8, 4) is 0 Å². The molecule has 4 aliphatic carbocycles. The van der Waals surface area contributed by atoms with Crippen LogP contribution in [0.4, 0.5) is 5.69 Å². The SMILES string of the molecule is C[C@]12CCC(=O)C=C1CC[C@@H]1[C@@H]2CC[C@]2(C)C(Nc3ccccc3C(=O)O)CC[C@@H]12. The Balaban J connectivity index is 1.40. The lowest BCUT2D eigenvalue weighted by Crippen LogP contribution is -2.52. The van der Waals surface area contributed by atoms with E-state index in [1.165, 1.54) is 31.3 Å². The number of carbonyl (C=O) groups is 2. The van der Waals surface area contributed by atoms with E-state index in [1.54, 1.807) is 12.1 Å². The maximum absolute atomic E-state index is 12.0. The molecule has 0 aromatic heterocycles. The van der Waals surface area contributed by atoms with Crippen LogP contribution >= 0.6 is 0 Å². The molecule has 0 spiro atoms. The number of carboxylic acids is 1. The molecule has 3 saturated carbocycles. The molecule has 2 N–H and O–H groups in total. The molecule has 4 nitrogen and oxygen atoms in total. The van der Waals surface area contributed by atoms with Gasteiger partial charge in [-0.25, -0.2) is 4.79 Å². The summed E-state index contributed by atoms with van der Waals surface area (Å²) in [6.45, 7) is 4.87. The molecule has 1 unspecified atom stereocenters. The van der Waals surface area contributed by atoms with Crippen LogP contribution in [0.2, 0.25) is 0 Å². The van der Waals surface area contributed by atoms with Gasteiger partial charge in [-0.2, -0.15) is 0 Å². The van der Waals surface area contributed by atoms with E-state index in [4.69, 9.17) is 0 Å². The fourth-order valence-corrected chi connectivity index (χ4v) is 7.78. The van der Waals surface area contributed by atoms with E-state index < -0.39 is 5.97 Å². The highest BCUT2D eigenvalue weighted by atomic mass is 16.4. The minimum atomic E-state index is -0.868. The summed E-state index contributed by atoms with van der Waals surface area (Å²) < 4.78 is 0. The normalized spacial score (nSPS) is 40.1. The number of hydrogen-bond donors (Lipinski definition) is 2. The molecule has 4 heteroatoms. The van der Waals surface area contributed by atoms with Crippen LogP contribution in [0.15, 0.2) is 35.9 Å². The van der Waals surface area contributed by atoms with Crippen molar-refractivity contribution in [1.82, 2.24) is 0 Å². The van der Waals surface area contributed by atoms with Gasteiger partial charge < -0.3 is 10.4 Å². The van der Waals surface area contributed by atoms with Crippen molar-refractivity contribution in [3.05, 3.63) is 41.5 Å². The molecule has 5 rings (SSSR count). The maximum atomic E-state index is 12.0. The highest BCUT2D eigenvalue weighted by molar-refractivity contribution is 5.94. The molecule has 30 heavy (non-hydrogen) atoms. The number of para-hydroxylation sites is 1. The zero-order valence-corrected chi connectivity index (χ0v) is 18.1. The lowest BCUT2D eigenvalue weighted by molar-refractivity contribution is -0.117. The molecule has 0 amide bonds. The summed E-state index contributed by atoms with van der Waals surface area (Å²) in [5.41, 5.74) is 2.95. The number of carboxylic acid groups (broad SMARTS) is 1. The summed E-state index contributed by atoms with van der Waals surface area (Å²) >= 11 is 0. The highest BCUT2D eigenvalue weighted by Crippen LogP contribution is 2.65. The van der Waals surface area contributed by atoms with Gasteiger partial charge in [-0.15, -0.1) is 0 Å². The van der Waals surface area contributed by atoms with Gasteiger partial charge in [0.2, 0.25) is 0 Å². The first-order chi connectivity index (χ1) is 14.3. The van der Waals surface area contributed by atoms with Gasteiger partial charge in [0.15, 0.2) is 5.78 Å². The first kappa shape index (κ1) is 19.8. The molecule has 0 heterocycles. The molecule has 6 atom stereocenters. The van der Waals surface area contributed by atoms with Crippen LogP contribution < -0.4 is 5.32 Å². The fraction of sp³-hybridized carbons (Fsp3) is 0.615. The van der Waals surface area contributed by atoms with Gasteiger partial charge in [0.25, 0.3) is 0 Å². The van der Waals surface area contributed by atoms with Gasteiger partial charge in [0.05, 0.1) is 5.56 Å². The Bertz CT molecular complexity index is 921. The van der Waals surface area contributed by atoms with Crippen molar-refractivity contribution in [2.24, 2.45) is 28.6 Å². The Morgan fingerprint density at radius 2 is 1.83 bits per heavy atom. The second-order valence-electron chi connectivity index (χ2n) is 10.6. The van der Waals surface area contributed by atoms with E-state index in [9.17, 15) is 14.7 Å². The molecule has 0 radical (unpaired) electrons. The summed E-state index contributed by atoms with van der Waals surface area (Å²) in [4.78, 5) is 23.7. The van der Waals surface area contributed by atoms with Crippen molar-refractivity contribution in [2.45, 2.75) is 71.3 Å². The monoisotopic (exact) mass is 407 g/mol. The topological polar surface area (TPSA) is 66.4 Å². The molecule has 0 bridgehead atoms. The maximum Gasteiger partial charge on any atom is 0.337 e. The quantitative estimate of drug-likeness (QED) is 0.675. The molecule has 1 aromatic rings. The standard InChI is InChI=1S/C26H33NO3/c1-25-13-11-17(28)15-16(25)7-8-18-20-9-10-23(26(20,2)14-12-21(18)25)27-22-6-4-3-5-19(22)24(29)30/h3-6,15,18,20-21,23,27H,7-14H2,1-2H3,(H,29,30)/t18-,20-,21-,23?,25-,26-/m0/s1. The zero-order chi connectivity index (χ0) is 21.1. The fourth-order valence-electron chi connectivity index (χ4n) is 7.78. The summed E-state index contributed by atoms with van der Waals surface area (Å²) in [7, 11) is 0. The average Bonchev–Trinajstić information content (AvgIpc) is 3.05. The molecule has 160 valence electrons. The third-order valence-electron chi connectivity index (χ3n) is 9.45. The molecule has 0 saturated heterocycles. The van der Waals surface area contributed by atoms with Crippen LogP contribution in [0.3, 0.4) is 0 Å². The van der Waals surface area contributed by atoms with Crippen molar-refractivity contribution >= 4 is 17.4 Å². The number of carbonyl (C=O) groups excluding carboxylic acids is 1. The number of allylic oxidation sites excluding steroid dienone is 1. The molecular formula is C26H33NO3. The molecule has 1 aromatic carbocycles. The minimum absolute atomic E-state index is 0.203. The third kappa shape index (κ3) is 2.86. The Morgan fingerprint density at radius 3 is 2.63 bits per heavy atom. The lowest BCUT2D eigenvalue weighted by Gasteiger charge is -2.58. The Morgan fingerprint density at radius 1 is 1.03 bits per heavy atom. The highest BCUT2D eigenvalue weighted by Gasteiger charge is 2.59. The number of benzene rings is 1. The number of fused-ring (bicyclic) bond motifs is 5. The van der Waals surface area contributed by atoms with E-state index in [-0.39, 0.29) is 10.8 Å². The summed E-state index contributed by atoms with van der Waals surface area (Å²) in [5.74, 6) is 1.55. The third-order valence-corrected chi connectivity index (χ3v) is 9.45. The Kier molecular flexibility index (Phi) is 4.61. The van der Waals surface area contributed by atoms with Gasteiger partial charge in [0, 0.05) is 18.2 Å².